The molecule has 4 atom stereocenters. The standard InChI is InChI=1S/C19H23F5N4O2S.C11H20F2N2O2.C8H4ClF3N2S/c1-17(2,3)30-16(29)28-11-4-10(6-18(20,21)7-11)27-14-13-5-12(8-19(22,23)24)31-15(13)26-9-25-14;1-10(2,3)17-9(16)15-8-4-7(14)5-11(12,13)6-8;9-6-5-1-4(2-8(10,11)12)15-7(5)14-3-13-6/h5,9-11H,4,6-8H2,1-3H3,(H,28,29)(H,25,26,27);7-8H,4-6,14H2,1-3H3,(H,15,16);1,3H,2H2/t10-,11+;7-,8+;/m00./s1. The van der Waals surface area contributed by atoms with Gasteiger partial charge in [-0.3, -0.25) is 0 Å². The van der Waals surface area contributed by atoms with Crippen LogP contribution in [0.15, 0.2) is 24.8 Å². The normalized spacial score (nSPS) is 21.3. The number of fused-ring (bicyclic) bond motifs is 2. The molecule has 5 N–H and O–H groups in total. The van der Waals surface area contributed by atoms with Gasteiger partial charge in [-0.1, -0.05) is 11.6 Å². The number of nitrogens with zero attached hydrogens (tertiary/aromatic N) is 4. The molecule has 6 rings (SSSR count). The number of nitrogens with one attached hydrogen (secondary N) is 3. The van der Waals surface area contributed by atoms with Gasteiger partial charge in [0.25, 0.3) is 11.8 Å². The Morgan fingerprint density at radius 1 is 0.698 bits per heavy atom. The van der Waals surface area contributed by atoms with Gasteiger partial charge in [-0.2, -0.15) is 26.3 Å². The molecule has 352 valence electrons. The Labute approximate surface area is 368 Å². The quantitative estimate of drug-likeness (QED) is 0.108. The Morgan fingerprint density at radius 3 is 1.59 bits per heavy atom. The van der Waals surface area contributed by atoms with Crippen LogP contribution in [0, 0.1) is 0 Å². The second kappa shape index (κ2) is 20.0. The van der Waals surface area contributed by atoms with E-state index in [1.165, 1.54) is 24.8 Å². The lowest BCUT2D eigenvalue weighted by Crippen LogP contribution is -2.49. The predicted octanol–water partition coefficient (Wildman–Crippen LogP) is 10.8. The molecule has 4 aromatic heterocycles. The summed E-state index contributed by atoms with van der Waals surface area (Å²) in [6.07, 6.45) is -10.9. The average molecular weight is 969 g/mol. The summed E-state index contributed by atoms with van der Waals surface area (Å²) in [7, 11) is 0. The molecule has 0 spiro atoms. The van der Waals surface area contributed by atoms with Crippen LogP contribution in [0.3, 0.4) is 0 Å². The van der Waals surface area contributed by atoms with Gasteiger partial charge in [-0.25, -0.2) is 47.1 Å². The SMILES string of the molecule is CC(C)(C)OC(=O)N[C@@H]1C[C@H](N)CC(F)(F)C1.CC(C)(C)OC(=O)N[C@@H]1C[C@H](Nc2ncnc3sc(CC(F)(F)F)cc23)CC(F)(F)C1.FC(F)(F)Cc1cc2c(Cl)ncnc2s1. The van der Waals surface area contributed by atoms with E-state index in [9.17, 15) is 53.5 Å². The van der Waals surface area contributed by atoms with Crippen LogP contribution in [-0.4, -0.2) is 91.7 Å². The van der Waals surface area contributed by atoms with Crippen LogP contribution in [0.1, 0.15) is 89.8 Å². The molecular weight excluding hydrogens is 922 g/mol. The van der Waals surface area contributed by atoms with E-state index in [1.54, 1.807) is 41.5 Å². The van der Waals surface area contributed by atoms with E-state index in [0.717, 1.165) is 22.7 Å². The van der Waals surface area contributed by atoms with Crippen LogP contribution >= 0.6 is 34.3 Å². The Kier molecular flexibility index (Phi) is 16.4. The van der Waals surface area contributed by atoms with Gasteiger partial charge in [0.1, 0.15) is 44.5 Å². The molecule has 4 aromatic rings. The van der Waals surface area contributed by atoms with Crippen molar-refractivity contribution < 1.29 is 63.0 Å². The molecule has 0 radical (unpaired) electrons. The molecule has 0 aromatic carbocycles. The third-order valence-electron chi connectivity index (χ3n) is 8.60. The van der Waals surface area contributed by atoms with E-state index in [0.29, 0.717) is 26.9 Å². The topological polar surface area (TPSA) is 166 Å². The second-order valence-corrected chi connectivity index (χ2v) is 19.7. The summed E-state index contributed by atoms with van der Waals surface area (Å²) in [6, 6.07) is -0.0880. The van der Waals surface area contributed by atoms with E-state index in [2.05, 4.69) is 35.9 Å². The molecule has 12 nitrogen and oxygen atoms in total. The summed E-state index contributed by atoms with van der Waals surface area (Å²) in [5.74, 6) is -5.66. The minimum atomic E-state index is -4.37. The zero-order chi connectivity index (χ0) is 47.3. The first kappa shape index (κ1) is 51.6. The number of nitrogens with two attached hydrogens (primary N) is 1. The van der Waals surface area contributed by atoms with Crippen molar-refractivity contribution in [1.29, 1.82) is 0 Å². The Bertz CT molecular complexity index is 2180. The number of hydrogen-bond acceptors (Lipinski definition) is 12. The molecule has 2 aliphatic rings. The van der Waals surface area contributed by atoms with Crippen molar-refractivity contribution in [2.24, 2.45) is 5.73 Å². The minimum absolute atomic E-state index is 0.0597. The third-order valence-corrected chi connectivity index (χ3v) is 11.0. The van der Waals surface area contributed by atoms with Gasteiger partial charge in [0.05, 0.1) is 18.2 Å². The molecule has 2 saturated carbocycles. The summed E-state index contributed by atoms with van der Waals surface area (Å²) in [6.45, 7) is 10.2. The maximum atomic E-state index is 14.3. The highest BCUT2D eigenvalue weighted by Crippen LogP contribution is 2.38. The molecule has 0 saturated heterocycles. The molecular formula is C38H47ClF10N8O4S2. The summed E-state index contributed by atoms with van der Waals surface area (Å²) in [5.41, 5.74) is 4.13. The highest BCUT2D eigenvalue weighted by molar-refractivity contribution is 7.19. The summed E-state index contributed by atoms with van der Waals surface area (Å²) in [5, 5.41) is 8.83. The fourth-order valence-corrected chi connectivity index (χ4v) is 8.91. The van der Waals surface area contributed by atoms with Crippen LogP contribution in [0.4, 0.5) is 59.3 Å². The Hall–Kier alpha value is -4.03. The van der Waals surface area contributed by atoms with E-state index in [1.807, 2.05) is 0 Å². The maximum Gasteiger partial charge on any atom is 0.407 e. The van der Waals surface area contributed by atoms with Crippen LogP contribution in [0.5, 0.6) is 0 Å². The number of thiophene rings is 2. The largest absolute Gasteiger partial charge is 0.444 e. The first-order valence-electron chi connectivity index (χ1n) is 19.2. The number of alkyl halides is 10. The number of carbonyl (C=O) groups is 2. The highest BCUT2D eigenvalue weighted by Gasteiger charge is 2.43. The zero-order valence-electron chi connectivity index (χ0n) is 34.7. The van der Waals surface area contributed by atoms with Crippen molar-refractivity contribution in [2.45, 2.75) is 152 Å². The average Bonchev–Trinajstić information content (AvgIpc) is 3.64. The van der Waals surface area contributed by atoms with Crippen molar-refractivity contribution >= 4 is 72.7 Å². The van der Waals surface area contributed by atoms with Gasteiger partial charge >= 0.3 is 24.5 Å². The Morgan fingerprint density at radius 2 is 1.13 bits per heavy atom. The van der Waals surface area contributed by atoms with E-state index in [4.69, 9.17) is 26.8 Å². The summed E-state index contributed by atoms with van der Waals surface area (Å²) in [4.78, 5) is 40.0. The number of hydrogen-bond donors (Lipinski definition) is 4. The molecule has 2 fully saturated rings. The number of halogens is 11. The first-order valence-corrected chi connectivity index (χ1v) is 21.3. The van der Waals surface area contributed by atoms with Gasteiger partial charge in [0.15, 0.2) is 0 Å². The van der Waals surface area contributed by atoms with E-state index < -0.39 is 97.4 Å². The molecule has 0 aliphatic heterocycles. The third kappa shape index (κ3) is 18.2. The predicted molar refractivity (Wildman–Crippen MR) is 219 cm³/mol. The van der Waals surface area contributed by atoms with Crippen LogP contribution in [0.2, 0.25) is 5.15 Å². The van der Waals surface area contributed by atoms with Crippen molar-refractivity contribution in [3.05, 3.63) is 39.7 Å². The fourth-order valence-electron chi connectivity index (χ4n) is 6.61. The van der Waals surface area contributed by atoms with Crippen molar-refractivity contribution in [2.75, 3.05) is 5.32 Å². The van der Waals surface area contributed by atoms with Gasteiger partial charge in [0.2, 0.25) is 0 Å². The van der Waals surface area contributed by atoms with E-state index in [-0.39, 0.29) is 40.0 Å². The first-order chi connectivity index (χ1) is 28.7. The lowest BCUT2D eigenvalue weighted by Gasteiger charge is -2.36. The van der Waals surface area contributed by atoms with Crippen LogP contribution in [0.25, 0.3) is 20.4 Å². The second-order valence-electron chi connectivity index (χ2n) is 17.1. The van der Waals surface area contributed by atoms with Crippen molar-refractivity contribution in [3.63, 3.8) is 0 Å². The molecule has 0 bridgehead atoms. The number of alkyl carbamates (subject to hydrolysis) is 2. The molecule has 2 aliphatic carbocycles. The van der Waals surface area contributed by atoms with Gasteiger partial charge in [-0.05, 0) is 66.5 Å². The summed E-state index contributed by atoms with van der Waals surface area (Å²) >= 11 is 7.58. The molecule has 0 unspecified atom stereocenters. The molecule has 4 heterocycles. The van der Waals surface area contributed by atoms with Crippen molar-refractivity contribution in [1.82, 2.24) is 30.6 Å². The number of rotatable bonds is 6. The van der Waals surface area contributed by atoms with Crippen LogP contribution in [-0.2, 0) is 22.3 Å². The molecule has 63 heavy (non-hydrogen) atoms. The van der Waals surface area contributed by atoms with E-state index >= 15 is 0 Å². The lowest BCUT2D eigenvalue weighted by molar-refractivity contribution is -0.127. The smallest absolute Gasteiger partial charge is 0.407 e. The molecule has 2 amide bonds. The number of amides is 2. The van der Waals surface area contributed by atoms with Gasteiger partial charge in [0, 0.05) is 65.0 Å². The monoisotopic (exact) mass is 968 g/mol. The number of carbonyl (C=O) groups excluding carboxylic acids is 2. The maximum absolute atomic E-state index is 14.3. The fraction of sp³-hybridized carbons (Fsp3) is 0.632. The highest BCUT2D eigenvalue weighted by atomic mass is 35.5. The number of aromatic nitrogens is 4. The van der Waals surface area contributed by atoms with Crippen LogP contribution < -0.4 is 21.7 Å². The minimum Gasteiger partial charge on any atom is -0.444 e. The number of ether oxygens (including phenoxy) is 2. The molecule has 25 heteroatoms. The zero-order valence-corrected chi connectivity index (χ0v) is 37.1. The lowest BCUT2D eigenvalue weighted by atomic mass is 9.88. The number of anilines is 1. The Balaban J connectivity index is 0.000000229. The van der Waals surface area contributed by atoms with Gasteiger partial charge in [-0.15, -0.1) is 22.7 Å². The summed E-state index contributed by atoms with van der Waals surface area (Å²) < 4.78 is 140. The van der Waals surface area contributed by atoms with Crippen molar-refractivity contribution in [3.8, 4) is 0 Å². The van der Waals surface area contributed by atoms with Gasteiger partial charge < -0.3 is 31.2 Å².